The Morgan fingerprint density at radius 1 is 0.800 bits per heavy atom. The molecule has 0 spiro atoms. The number of hydrogen-bond acceptors (Lipinski definition) is 5. The molecule has 5 nitrogen and oxygen atoms in total. The van der Waals surface area contributed by atoms with Gasteiger partial charge in [0, 0.05) is 17.6 Å². The van der Waals surface area contributed by atoms with Gasteiger partial charge >= 0.3 is 6.18 Å². The van der Waals surface area contributed by atoms with Gasteiger partial charge in [0.25, 0.3) is 0 Å². The minimum absolute atomic E-state index is 0.0632. The van der Waals surface area contributed by atoms with E-state index in [-0.39, 0.29) is 11.8 Å². The van der Waals surface area contributed by atoms with Crippen molar-refractivity contribution >= 4 is 23.1 Å². The zero-order valence-corrected chi connectivity index (χ0v) is 20.3. The third kappa shape index (κ3) is 8.46. The summed E-state index contributed by atoms with van der Waals surface area (Å²) in [7, 11) is 0. The van der Waals surface area contributed by atoms with Crippen LogP contribution in [-0.4, -0.2) is 16.6 Å². The second-order valence-corrected chi connectivity index (χ2v) is 8.44. The number of hydrogen-bond donors (Lipinski definition) is 2. The summed E-state index contributed by atoms with van der Waals surface area (Å²) in [4.78, 5) is 8.00. The number of nitrogens with one attached hydrogen (secondary N) is 2. The lowest BCUT2D eigenvalue weighted by Crippen LogP contribution is -2.12. The summed E-state index contributed by atoms with van der Waals surface area (Å²) in [5, 5.41) is 5.77. The largest absolute Gasteiger partial charge is 0.494 e. The molecule has 0 aliphatic carbocycles. The van der Waals surface area contributed by atoms with Crippen molar-refractivity contribution < 1.29 is 17.9 Å². The van der Waals surface area contributed by atoms with Crippen LogP contribution in [0.15, 0.2) is 54.7 Å². The van der Waals surface area contributed by atoms with Gasteiger partial charge in [-0.2, -0.15) is 18.2 Å². The second kappa shape index (κ2) is 13.0. The maximum Gasteiger partial charge on any atom is 0.421 e. The minimum atomic E-state index is -4.59. The van der Waals surface area contributed by atoms with E-state index in [1.807, 2.05) is 24.3 Å². The first-order valence-corrected chi connectivity index (χ1v) is 12.2. The fourth-order valence-electron chi connectivity index (χ4n) is 3.50. The molecule has 1 aromatic heterocycles. The standard InChI is InChI=1S/C27H33F3N4O/c1-3-5-7-8-18-35-23-16-14-22(15-17-23)33-26-31-19-24(27(28,29)30)25(34-26)32-21-12-10-20(11-13-21)9-6-4-2/h10-17,19H,3-9,18H2,1-2H3,(H2,31,32,33,34). The highest BCUT2D eigenvalue weighted by Crippen LogP contribution is 2.35. The van der Waals surface area contributed by atoms with Gasteiger partial charge in [0.15, 0.2) is 0 Å². The zero-order valence-electron chi connectivity index (χ0n) is 20.3. The second-order valence-electron chi connectivity index (χ2n) is 8.44. The van der Waals surface area contributed by atoms with Crippen LogP contribution in [0.2, 0.25) is 0 Å². The molecule has 0 aliphatic rings. The number of rotatable bonds is 13. The number of benzene rings is 2. The number of nitrogens with zero attached hydrogens (tertiary/aromatic N) is 2. The van der Waals surface area contributed by atoms with Crippen LogP contribution in [-0.2, 0) is 12.6 Å². The smallest absolute Gasteiger partial charge is 0.421 e. The molecule has 0 amide bonds. The van der Waals surface area contributed by atoms with Crippen LogP contribution in [0.3, 0.4) is 0 Å². The zero-order chi connectivity index (χ0) is 25.1. The van der Waals surface area contributed by atoms with Crippen molar-refractivity contribution in [3.8, 4) is 5.75 Å². The summed E-state index contributed by atoms with van der Waals surface area (Å²) in [5.74, 6) is 0.502. The van der Waals surface area contributed by atoms with Gasteiger partial charge in [-0.1, -0.05) is 51.7 Å². The molecule has 1 heterocycles. The maximum atomic E-state index is 13.6. The Hall–Kier alpha value is -3.29. The van der Waals surface area contributed by atoms with Crippen molar-refractivity contribution in [2.45, 2.75) is 65.0 Å². The fraction of sp³-hybridized carbons (Fsp3) is 0.407. The van der Waals surface area contributed by atoms with Crippen molar-refractivity contribution in [1.82, 2.24) is 9.97 Å². The molecular formula is C27H33F3N4O. The van der Waals surface area contributed by atoms with Gasteiger partial charge in [-0.15, -0.1) is 0 Å². The first-order chi connectivity index (χ1) is 16.9. The lowest BCUT2D eigenvalue weighted by molar-refractivity contribution is -0.137. The summed E-state index contributed by atoms with van der Waals surface area (Å²) < 4.78 is 46.5. The van der Waals surface area contributed by atoms with E-state index in [1.165, 1.54) is 12.8 Å². The van der Waals surface area contributed by atoms with Crippen molar-refractivity contribution in [2.24, 2.45) is 0 Å². The fourth-order valence-corrected chi connectivity index (χ4v) is 3.50. The van der Waals surface area contributed by atoms with Crippen molar-refractivity contribution in [1.29, 1.82) is 0 Å². The van der Waals surface area contributed by atoms with Crippen LogP contribution in [0.1, 0.15) is 63.5 Å². The molecule has 0 bridgehead atoms. The van der Waals surface area contributed by atoms with Gasteiger partial charge < -0.3 is 15.4 Å². The quantitative estimate of drug-likeness (QED) is 0.238. The van der Waals surface area contributed by atoms with Crippen LogP contribution in [0.25, 0.3) is 0 Å². The Balaban J connectivity index is 1.69. The van der Waals surface area contributed by atoms with E-state index in [9.17, 15) is 13.2 Å². The molecule has 2 N–H and O–H groups in total. The molecule has 35 heavy (non-hydrogen) atoms. The highest BCUT2D eigenvalue weighted by atomic mass is 19.4. The van der Waals surface area contributed by atoms with Gasteiger partial charge in [-0.25, -0.2) is 4.98 Å². The molecule has 8 heteroatoms. The average molecular weight is 487 g/mol. The molecule has 188 valence electrons. The van der Waals surface area contributed by atoms with Crippen LogP contribution >= 0.6 is 0 Å². The Kier molecular flexibility index (Phi) is 9.76. The summed E-state index contributed by atoms with van der Waals surface area (Å²) in [6, 6.07) is 14.5. The minimum Gasteiger partial charge on any atom is -0.494 e. The molecule has 0 fully saturated rings. The lowest BCUT2D eigenvalue weighted by atomic mass is 10.1. The summed E-state index contributed by atoms with van der Waals surface area (Å²) in [5.41, 5.74) is 1.40. The number of aromatic nitrogens is 2. The molecular weight excluding hydrogens is 453 g/mol. The number of ether oxygens (including phenoxy) is 1. The van der Waals surface area contributed by atoms with Crippen LogP contribution in [0.5, 0.6) is 5.75 Å². The highest BCUT2D eigenvalue weighted by Gasteiger charge is 2.35. The molecule has 0 saturated heterocycles. The molecule has 0 atom stereocenters. The Morgan fingerprint density at radius 3 is 2.11 bits per heavy atom. The summed E-state index contributed by atoms with van der Waals surface area (Å²) >= 11 is 0. The van der Waals surface area contributed by atoms with Gasteiger partial charge in [0.2, 0.25) is 5.95 Å². The third-order valence-corrected chi connectivity index (χ3v) is 5.51. The Bertz CT molecular complexity index is 1040. The normalized spacial score (nSPS) is 11.3. The molecule has 0 unspecified atom stereocenters. The van der Waals surface area contributed by atoms with Crippen LogP contribution in [0.4, 0.5) is 36.3 Å². The first kappa shape index (κ1) is 26.3. The Morgan fingerprint density at radius 2 is 1.46 bits per heavy atom. The maximum absolute atomic E-state index is 13.6. The summed E-state index contributed by atoms with van der Waals surface area (Å²) in [6.45, 7) is 4.94. The topological polar surface area (TPSA) is 59.1 Å². The van der Waals surface area contributed by atoms with Gasteiger partial charge in [0.05, 0.1) is 6.61 Å². The van der Waals surface area contributed by atoms with Crippen molar-refractivity contribution in [2.75, 3.05) is 17.2 Å². The van der Waals surface area contributed by atoms with E-state index in [0.717, 1.165) is 49.6 Å². The Labute approximate surface area is 205 Å². The number of aryl methyl sites for hydroxylation is 1. The van der Waals surface area contributed by atoms with Gasteiger partial charge in [0.1, 0.15) is 17.1 Å². The van der Waals surface area contributed by atoms with Gasteiger partial charge in [-0.05, 0) is 61.2 Å². The van der Waals surface area contributed by atoms with E-state index in [1.54, 1.807) is 24.3 Å². The van der Waals surface area contributed by atoms with Crippen LogP contribution < -0.4 is 15.4 Å². The number of halogens is 3. The van der Waals surface area contributed by atoms with E-state index in [4.69, 9.17) is 4.74 Å². The monoisotopic (exact) mass is 486 g/mol. The molecule has 0 radical (unpaired) electrons. The SMILES string of the molecule is CCCCCCOc1ccc(Nc2ncc(C(F)(F)F)c(Nc3ccc(CCCC)cc3)n2)cc1. The van der Waals surface area contributed by atoms with E-state index in [0.29, 0.717) is 18.0 Å². The number of unbranched alkanes of at least 4 members (excludes halogenated alkanes) is 4. The van der Waals surface area contributed by atoms with Crippen LogP contribution in [0, 0.1) is 0 Å². The molecule has 0 saturated carbocycles. The predicted octanol–water partition coefficient (Wildman–Crippen LogP) is 8.28. The van der Waals surface area contributed by atoms with Gasteiger partial charge in [-0.3, -0.25) is 0 Å². The van der Waals surface area contributed by atoms with E-state index in [2.05, 4.69) is 34.4 Å². The molecule has 3 aromatic rings. The predicted molar refractivity (Wildman–Crippen MR) is 135 cm³/mol. The summed E-state index contributed by atoms with van der Waals surface area (Å²) in [6.07, 6.45) is 3.81. The first-order valence-electron chi connectivity index (χ1n) is 12.2. The molecule has 3 rings (SSSR count). The van der Waals surface area contributed by atoms with Crippen molar-refractivity contribution in [3.05, 3.63) is 65.9 Å². The molecule has 2 aromatic carbocycles. The highest BCUT2D eigenvalue weighted by molar-refractivity contribution is 5.63. The van der Waals surface area contributed by atoms with Crippen molar-refractivity contribution in [3.63, 3.8) is 0 Å². The van der Waals surface area contributed by atoms with E-state index >= 15 is 0 Å². The lowest BCUT2D eigenvalue weighted by Gasteiger charge is -2.15. The number of anilines is 4. The average Bonchev–Trinajstić information content (AvgIpc) is 2.84. The number of alkyl halides is 3. The molecule has 0 aliphatic heterocycles. The van der Waals surface area contributed by atoms with E-state index < -0.39 is 11.7 Å². The third-order valence-electron chi connectivity index (χ3n) is 5.51.